The standard InChI is InChI=1S/C8H16F3NO/c1-3-7(4-2,6-13)12-5-8(9,10)11/h12-13H,3-6H2,1-2H3. The highest BCUT2D eigenvalue weighted by atomic mass is 19.4. The minimum absolute atomic E-state index is 0.268. The van der Waals surface area contributed by atoms with Crippen LogP contribution in [0.2, 0.25) is 0 Å². The summed E-state index contributed by atoms with van der Waals surface area (Å²) in [4.78, 5) is 0. The molecule has 0 bridgehead atoms. The van der Waals surface area contributed by atoms with Crippen molar-refractivity contribution in [3.05, 3.63) is 0 Å². The van der Waals surface area contributed by atoms with E-state index in [1.54, 1.807) is 13.8 Å². The first kappa shape index (κ1) is 12.7. The topological polar surface area (TPSA) is 32.3 Å². The molecule has 0 aromatic rings. The Hall–Kier alpha value is -0.290. The van der Waals surface area contributed by atoms with Gasteiger partial charge in [-0.1, -0.05) is 13.8 Å². The maximum Gasteiger partial charge on any atom is 0.401 e. The number of hydrogen-bond donors (Lipinski definition) is 2. The fourth-order valence-corrected chi connectivity index (χ4v) is 1.07. The first-order chi connectivity index (χ1) is 5.89. The average molecular weight is 199 g/mol. The van der Waals surface area contributed by atoms with Crippen molar-refractivity contribution in [2.45, 2.75) is 38.4 Å². The summed E-state index contributed by atoms with van der Waals surface area (Å²) in [6, 6.07) is 0. The molecule has 0 aliphatic carbocycles. The third-order valence-electron chi connectivity index (χ3n) is 2.32. The van der Waals surface area contributed by atoms with E-state index < -0.39 is 18.3 Å². The fourth-order valence-electron chi connectivity index (χ4n) is 1.07. The van der Waals surface area contributed by atoms with E-state index in [1.165, 1.54) is 0 Å². The van der Waals surface area contributed by atoms with Crippen LogP contribution in [-0.2, 0) is 0 Å². The number of nitrogens with one attached hydrogen (secondary N) is 1. The zero-order valence-electron chi connectivity index (χ0n) is 7.91. The van der Waals surface area contributed by atoms with Gasteiger partial charge in [0.2, 0.25) is 0 Å². The van der Waals surface area contributed by atoms with Gasteiger partial charge in [0.25, 0.3) is 0 Å². The molecule has 0 amide bonds. The van der Waals surface area contributed by atoms with Gasteiger partial charge in [0.05, 0.1) is 13.2 Å². The SMILES string of the molecule is CCC(CC)(CO)NCC(F)(F)F. The molecular weight excluding hydrogens is 183 g/mol. The summed E-state index contributed by atoms with van der Waals surface area (Å²) in [6.45, 7) is 2.19. The fraction of sp³-hybridized carbons (Fsp3) is 1.00. The number of hydrogen-bond acceptors (Lipinski definition) is 2. The van der Waals surface area contributed by atoms with Crippen LogP contribution in [0.1, 0.15) is 26.7 Å². The van der Waals surface area contributed by atoms with Crippen molar-refractivity contribution >= 4 is 0 Å². The van der Waals surface area contributed by atoms with Gasteiger partial charge in [-0.2, -0.15) is 13.2 Å². The van der Waals surface area contributed by atoms with Crippen LogP contribution in [0, 0.1) is 0 Å². The van der Waals surface area contributed by atoms with Crippen LogP contribution in [0.4, 0.5) is 13.2 Å². The number of alkyl halides is 3. The first-order valence-corrected chi connectivity index (χ1v) is 4.32. The van der Waals surface area contributed by atoms with Crippen LogP contribution < -0.4 is 5.32 Å². The van der Waals surface area contributed by atoms with E-state index in [9.17, 15) is 13.2 Å². The number of aliphatic hydroxyl groups excluding tert-OH is 1. The Balaban J connectivity index is 4.11. The molecule has 0 spiro atoms. The molecule has 0 saturated heterocycles. The second-order valence-electron chi connectivity index (χ2n) is 3.11. The van der Waals surface area contributed by atoms with Crippen LogP contribution in [-0.4, -0.2) is 30.0 Å². The molecule has 0 aliphatic heterocycles. The van der Waals surface area contributed by atoms with Gasteiger partial charge in [-0.05, 0) is 12.8 Å². The second kappa shape index (κ2) is 4.81. The zero-order valence-corrected chi connectivity index (χ0v) is 7.91. The smallest absolute Gasteiger partial charge is 0.394 e. The molecule has 0 radical (unpaired) electrons. The quantitative estimate of drug-likeness (QED) is 0.706. The first-order valence-electron chi connectivity index (χ1n) is 4.32. The molecule has 80 valence electrons. The van der Waals surface area contributed by atoms with Gasteiger partial charge in [0.15, 0.2) is 0 Å². The maximum atomic E-state index is 11.9. The van der Waals surface area contributed by atoms with Gasteiger partial charge in [0, 0.05) is 5.54 Å². The van der Waals surface area contributed by atoms with Crippen LogP contribution in [0.5, 0.6) is 0 Å². The van der Waals surface area contributed by atoms with Crippen molar-refractivity contribution in [3.8, 4) is 0 Å². The van der Waals surface area contributed by atoms with E-state index in [0.29, 0.717) is 12.8 Å². The summed E-state index contributed by atoms with van der Waals surface area (Å²) in [7, 11) is 0. The highest BCUT2D eigenvalue weighted by Crippen LogP contribution is 2.18. The second-order valence-corrected chi connectivity index (χ2v) is 3.11. The minimum atomic E-state index is -4.22. The van der Waals surface area contributed by atoms with Gasteiger partial charge >= 0.3 is 6.18 Å². The lowest BCUT2D eigenvalue weighted by Gasteiger charge is -2.31. The normalized spacial score (nSPS) is 13.4. The molecule has 0 saturated carbocycles. The molecule has 0 aromatic heterocycles. The molecule has 0 atom stereocenters. The Kier molecular flexibility index (Phi) is 4.70. The largest absolute Gasteiger partial charge is 0.401 e. The summed E-state index contributed by atoms with van der Waals surface area (Å²) < 4.78 is 35.6. The van der Waals surface area contributed by atoms with Crippen molar-refractivity contribution in [2.75, 3.05) is 13.2 Å². The minimum Gasteiger partial charge on any atom is -0.394 e. The summed E-state index contributed by atoms with van der Waals surface area (Å²) >= 11 is 0. The lowest BCUT2D eigenvalue weighted by atomic mass is 9.94. The molecule has 0 rings (SSSR count). The highest BCUT2D eigenvalue weighted by molar-refractivity contribution is 4.85. The van der Waals surface area contributed by atoms with Crippen molar-refractivity contribution in [1.29, 1.82) is 0 Å². The summed E-state index contributed by atoms with van der Waals surface area (Å²) in [5.41, 5.74) is -0.782. The van der Waals surface area contributed by atoms with Crippen molar-refractivity contribution < 1.29 is 18.3 Å². The molecule has 0 unspecified atom stereocenters. The van der Waals surface area contributed by atoms with E-state index in [0.717, 1.165) is 0 Å². The summed E-state index contributed by atoms with van der Waals surface area (Å²) in [5, 5.41) is 11.3. The predicted molar refractivity (Wildman–Crippen MR) is 44.5 cm³/mol. The molecule has 0 fully saturated rings. The van der Waals surface area contributed by atoms with Crippen molar-refractivity contribution in [3.63, 3.8) is 0 Å². The van der Waals surface area contributed by atoms with E-state index in [2.05, 4.69) is 5.32 Å². The Morgan fingerprint density at radius 1 is 1.15 bits per heavy atom. The summed E-state index contributed by atoms with van der Waals surface area (Å²) in [6.07, 6.45) is -3.25. The van der Waals surface area contributed by atoms with E-state index in [-0.39, 0.29) is 6.61 Å². The average Bonchev–Trinajstić information content (AvgIpc) is 2.06. The number of halogens is 3. The molecule has 0 aliphatic rings. The van der Waals surface area contributed by atoms with Crippen molar-refractivity contribution in [1.82, 2.24) is 5.32 Å². The molecule has 2 nitrogen and oxygen atoms in total. The van der Waals surface area contributed by atoms with Crippen LogP contribution in [0.25, 0.3) is 0 Å². The monoisotopic (exact) mass is 199 g/mol. The van der Waals surface area contributed by atoms with Gasteiger partial charge in [-0.25, -0.2) is 0 Å². The zero-order chi connectivity index (χ0) is 10.5. The lowest BCUT2D eigenvalue weighted by Crippen LogP contribution is -2.50. The lowest BCUT2D eigenvalue weighted by molar-refractivity contribution is -0.130. The molecule has 13 heavy (non-hydrogen) atoms. The van der Waals surface area contributed by atoms with Crippen LogP contribution in [0.15, 0.2) is 0 Å². The predicted octanol–water partition coefficient (Wildman–Crippen LogP) is 1.69. The Morgan fingerprint density at radius 3 is 1.85 bits per heavy atom. The van der Waals surface area contributed by atoms with E-state index >= 15 is 0 Å². The van der Waals surface area contributed by atoms with Gasteiger partial charge in [0.1, 0.15) is 0 Å². The highest BCUT2D eigenvalue weighted by Gasteiger charge is 2.33. The Labute approximate surface area is 76.1 Å². The Morgan fingerprint density at radius 2 is 1.62 bits per heavy atom. The van der Waals surface area contributed by atoms with Gasteiger partial charge in [-0.15, -0.1) is 0 Å². The molecular formula is C8H16F3NO. The molecule has 0 aromatic carbocycles. The van der Waals surface area contributed by atoms with Crippen molar-refractivity contribution in [2.24, 2.45) is 0 Å². The number of rotatable bonds is 5. The van der Waals surface area contributed by atoms with Crippen LogP contribution >= 0.6 is 0 Å². The molecule has 5 heteroatoms. The van der Waals surface area contributed by atoms with Gasteiger partial charge in [-0.3, -0.25) is 0 Å². The Bertz CT molecular complexity index is 135. The van der Waals surface area contributed by atoms with E-state index in [4.69, 9.17) is 5.11 Å². The molecule has 2 N–H and O–H groups in total. The summed E-state index contributed by atoms with van der Waals surface area (Å²) in [5.74, 6) is 0. The van der Waals surface area contributed by atoms with Gasteiger partial charge < -0.3 is 10.4 Å². The molecule has 0 heterocycles. The van der Waals surface area contributed by atoms with Crippen LogP contribution in [0.3, 0.4) is 0 Å². The third-order valence-corrected chi connectivity index (χ3v) is 2.32. The van der Waals surface area contributed by atoms with E-state index in [1.807, 2.05) is 0 Å². The number of aliphatic hydroxyl groups is 1. The maximum absolute atomic E-state index is 11.9. The third kappa shape index (κ3) is 4.47.